The number of amides is 1. The third-order valence-electron chi connectivity index (χ3n) is 4.17. The average Bonchev–Trinajstić information content (AvgIpc) is 3.04. The predicted molar refractivity (Wildman–Crippen MR) is 111 cm³/mol. The van der Waals surface area contributed by atoms with Crippen LogP contribution in [0.3, 0.4) is 0 Å². The third kappa shape index (κ3) is 4.12. The number of hydrogen-bond acceptors (Lipinski definition) is 6. The number of aliphatic carboxylic acids is 1. The molecule has 2 heterocycles. The number of nitrogens with zero attached hydrogens (tertiary/aromatic N) is 1. The lowest BCUT2D eigenvalue weighted by molar-refractivity contribution is -0.136. The van der Waals surface area contributed by atoms with E-state index in [1.807, 2.05) is 0 Å². The molecule has 0 unspecified atom stereocenters. The molecule has 2 aromatic carbocycles. The molecule has 8 heteroatoms. The van der Waals surface area contributed by atoms with Crippen LogP contribution in [0.15, 0.2) is 73.9 Å². The van der Waals surface area contributed by atoms with Gasteiger partial charge in [0.2, 0.25) is 0 Å². The molecule has 0 saturated carbocycles. The number of fused-ring (bicyclic) bond motifs is 1. The summed E-state index contributed by atoms with van der Waals surface area (Å²) < 4.78 is 5.47. The molecule has 3 aromatic rings. The van der Waals surface area contributed by atoms with Gasteiger partial charge in [0.25, 0.3) is 5.91 Å². The van der Waals surface area contributed by atoms with Gasteiger partial charge in [-0.15, -0.1) is 0 Å². The van der Waals surface area contributed by atoms with Crippen LogP contribution in [-0.4, -0.2) is 22.2 Å². The smallest absolute Gasteiger partial charge is 0.307 e. The third-order valence-corrected chi connectivity index (χ3v) is 5.08. The molecule has 0 bridgehead atoms. The van der Waals surface area contributed by atoms with Crippen molar-refractivity contribution in [3.8, 4) is 0 Å². The number of carbonyl (C=O) groups is 2. The van der Waals surface area contributed by atoms with E-state index < -0.39 is 5.97 Å². The van der Waals surface area contributed by atoms with Crippen molar-refractivity contribution < 1.29 is 19.1 Å². The maximum absolute atomic E-state index is 12.6. The fourth-order valence-corrected chi connectivity index (χ4v) is 3.63. The molecule has 1 aromatic heterocycles. The number of thioether (sulfide) groups is 1. The summed E-state index contributed by atoms with van der Waals surface area (Å²) in [4.78, 5) is 40.3. The summed E-state index contributed by atoms with van der Waals surface area (Å²) in [5.41, 5.74) is 1.78. The number of hydrogen-bond donors (Lipinski definition) is 2. The largest absolute Gasteiger partial charge is 0.481 e. The SMILES string of the molecule is O=C(O)Cc1ccc(N=C2NC(=O)/C(=C/c3coc4ccccc4c3=O)S2)cc1. The minimum Gasteiger partial charge on any atom is -0.481 e. The number of para-hydroxylation sites is 1. The first-order valence-electron chi connectivity index (χ1n) is 8.60. The van der Waals surface area contributed by atoms with Crippen molar-refractivity contribution in [2.24, 2.45) is 4.99 Å². The van der Waals surface area contributed by atoms with Gasteiger partial charge in [-0.2, -0.15) is 0 Å². The molecule has 0 atom stereocenters. The summed E-state index contributed by atoms with van der Waals surface area (Å²) >= 11 is 1.11. The second kappa shape index (κ2) is 7.76. The molecule has 0 radical (unpaired) electrons. The Bertz CT molecular complexity index is 1240. The van der Waals surface area contributed by atoms with Gasteiger partial charge in [0.05, 0.1) is 28.0 Å². The van der Waals surface area contributed by atoms with Gasteiger partial charge in [-0.1, -0.05) is 24.3 Å². The summed E-state index contributed by atoms with van der Waals surface area (Å²) in [5.74, 6) is -1.26. The monoisotopic (exact) mass is 406 g/mol. The molecule has 1 aliphatic heterocycles. The zero-order valence-electron chi connectivity index (χ0n) is 14.9. The summed E-state index contributed by atoms with van der Waals surface area (Å²) in [7, 11) is 0. The van der Waals surface area contributed by atoms with Crippen molar-refractivity contribution in [1.82, 2.24) is 5.32 Å². The Kier molecular flexibility index (Phi) is 5.01. The highest BCUT2D eigenvalue weighted by Gasteiger charge is 2.24. The molecule has 2 N–H and O–H groups in total. The van der Waals surface area contributed by atoms with E-state index in [0.29, 0.717) is 32.3 Å². The lowest BCUT2D eigenvalue weighted by Crippen LogP contribution is -2.19. The van der Waals surface area contributed by atoms with Crippen molar-refractivity contribution in [3.05, 3.63) is 81.0 Å². The number of carboxylic acids is 1. The van der Waals surface area contributed by atoms with E-state index >= 15 is 0 Å². The number of benzene rings is 2. The molecule has 4 rings (SSSR count). The molecule has 0 aliphatic carbocycles. The first-order chi connectivity index (χ1) is 14.0. The summed E-state index contributed by atoms with van der Waals surface area (Å²) in [6, 6.07) is 13.6. The first kappa shape index (κ1) is 18.7. The second-order valence-electron chi connectivity index (χ2n) is 6.24. The Morgan fingerprint density at radius 3 is 2.66 bits per heavy atom. The molecular weight excluding hydrogens is 392 g/mol. The number of nitrogens with one attached hydrogen (secondary N) is 1. The lowest BCUT2D eigenvalue weighted by Gasteiger charge is -1.99. The molecule has 1 aliphatic rings. The van der Waals surface area contributed by atoms with Crippen molar-refractivity contribution in [2.45, 2.75) is 6.42 Å². The fourth-order valence-electron chi connectivity index (χ4n) is 2.79. The van der Waals surface area contributed by atoms with Crippen LogP contribution in [0.25, 0.3) is 17.0 Å². The van der Waals surface area contributed by atoms with Gasteiger partial charge in [-0.3, -0.25) is 14.4 Å². The number of rotatable bonds is 4. The van der Waals surface area contributed by atoms with E-state index in [-0.39, 0.29) is 23.3 Å². The van der Waals surface area contributed by atoms with Crippen LogP contribution in [0.5, 0.6) is 0 Å². The minimum absolute atomic E-state index is 0.0659. The Morgan fingerprint density at radius 2 is 1.90 bits per heavy atom. The van der Waals surface area contributed by atoms with Gasteiger partial charge in [0.15, 0.2) is 10.6 Å². The van der Waals surface area contributed by atoms with E-state index in [2.05, 4.69) is 10.3 Å². The van der Waals surface area contributed by atoms with Crippen LogP contribution in [0.1, 0.15) is 11.1 Å². The predicted octanol–water partition coefficient (Wildman–Crippen LogP) is 3.31. The molecule has 0 spiro atoms. The van der Waals surface area contributed by atoms with Crippen molar-refractivity contribution >= 4 is 51.5 Å². The topological polar surface area (TPSA) is 109 Å². The maximum atomic E-state index is 12.6. The maximum Gasteiger partial charge on any atom is 0.307 e. The number of carboxylic acid groups (broad SMARTS) is 1. The summed E-state index contributed by atoms with van der Waals surface area (Å²) in [6.07, 6.45) is 2.75. The molecule has 1 fully saturated rings. The Hall–Kier alpha value is -3.65. The fraction of sp³-hybridized carbons (Fsp3) is 0.0476. The van der Waals surface area contributed by atoms with Crippen LogP contribution >= 0.6 is 11.8 Å². The summed E-state index contributed by atoms with van der Waals surface area (Å²) in [6.45, 7) is 0. The first-order valence-corrected chi connectivity index (χ1v) is 9.42. The highest BCUT2D eigenvalue weighted by molar-refractivity contribution is 8.18. The van der Waals surface area contributed by atoms with Crippen LogP contribution in [0.2, 0.25) is 0 Å². The van der Waals surface area contributed by atoms with Crippen molar-refractivity contribution in [1.29, 1.82) is 0 Å². The molecule has 1 amide bonds. The highest BCUT2D eigenvalue weighted by Crippen LogP contribution is 2.28. The Morgan fingerprint density at radius 1 is 1.14 bits per heavy atom. The standard InChI is InChI=1S/C21H14N2O5S/c24-18(25)9-12-5-7-14(8-6-12)22-21-23-20(27)17(29-21)10-13-11-28-16-4-2-1-3-15(16)19(13)26/h1-8,10-11H,9H2,(H,24,25)(H,22,23,27)/b17-10-. The van der Waals surface area contributed by atoms with Gasteiger partial charge < -0.3 is 14.8 Å². The number of amidine groups is 1. The van der Waals surface area contributed by atoms with Crippen LogP contribution in [0, 0.1) is 0 Å². The minimum atomic E-state index is -0.907. The van der Waals surface area contributed by atoms with E-state index in [4.69, 9.17) is 9.52 Å². The van der Waals surface area contributed by atoms with Gasteiger partial charge >= 0.3 is 5.97 Å². The van der Waals surface area contributed by atoms with Gasteiger partial charge in [0.1, 0.15) is 11.8 Å². The molecule has 1 saturated heterocycles. The molecule has 7 nitrogen and oxygen atoms in total. The number of aliphatic imine (C=N–C) groups is 1. The van der Waals surface area contributed by atoms with E-state index in [0.717, 1.165) is 11.8 Å². The van der Waals surface area contributed by atoms with Crippen LogP contribution < -0.4 is 10.7 Å². The number of carbonyl (C=O) groups excluding carboxylic acids is 1. The Labute approximate surface area is 168 Å². The van der Waals surface area contributed by atoms with Gasteiger partial charge in [0, 0.05) is 0 Å². The van der Waals surface area contributed by atoms with E-state index in [1.165, 1.54) is 12.3 Å². The van der Waals surface area contributed by atoms with Gasteiger partial charge in [-0.25, -0.2) is 4.99 Å². The van der Waals surface area contributed by atoms with E-state index in [9.17, 15) is 14.4 Å². The molecular formula is C21H14N2O5S. The summed E-state index contributed by atoms with van der Waals surface area (Å²) in [5, 5.41) is 12.3. The van der Waals surface area contributed by atoms with Crippen molar-refractivity contribution in [2.75, 3.05) is 0 Å². The van der Waals surface area contributed by atoms with E-state index in [1.54, 1.807) is 48.5 Å². The van der Waals surface area contributed by atoms with Crippen molar-refractivity contribution in [3.63, 3.8) is 0 Å². The van der Waals surface area contributed by atoms with Crippen LogP contribution in [0.4, 0.5) is 5.69 Å². The average molecular weight is 406 g/mol. The Balaban J connectivity index is 1.58. The normalized spacial score (nSPS) is 16.5. The zero-order valence-corrected chi connectivity index (χ0v) is 15.7. The van der Waals surface area contributed by atoms with Gasteiger partial charge in [-0.05, 0) is 47.7 Å². The lowest BCUT2D eigenvalue weighted by atomic mass is 10.1. The molecule has 29 heavy (non-hydrogen) atoms. The zero-order chi connectivity index (χ0) is 20.4. The molecule has 144 valence electrons. The second-order valence-corrected chi connectivity index (χ2v) is 7.27. The van der Waals surface area contributed by atoms with Crippen LogP contribution in [-0.2, 0) is 16.0 Å². The highest BCUT2D eigenvalue weighted by atomic mass is 32.2. The quantitative estimate of drug-likeness (QED) is 0.644.